The largest absolute Gasteiger partial charge is 0.374 e. The van der Waals surface area contributed by atoms with Gasteiger partial charge in [-0.25, -0.2) is 5.48 Å². The quantitative estimate of drug-likeness (QED) is 0.505. The number of likely N-dealkylation sites (N-methyl/N-ethyl adjacent to an activating group) is 1. The molecule has 0 spiro atoms. The van der Waals surface area contributed by atoms with Crippen LogP contribution in [-0.2, 0) is 4.74 Å². The molecule has 1 saturated heterocycles. The lowest BCUT2D eigenvalue weighted by atomic mass is 10.3. The van der Waals surface area contributed by atoms with Crippen LogP contribution >= 0.6 is 0 Å². The number of morpholine rings is 1. The van der Waals surface area contributed by atoms with Gasteiger partial charge < -0.3 is 14.8 Å². The van der Waals surface area contributed by atoms with Gasteiger partial charge in [-0.3, -0.25) is 0 Å². The van der Waals surface area contributed by atoms with Crippen molar-refractivity contribution < 1.29 is 9.94 Å². The second kappa shape index (κ2) is 3.88. The molecule has 1 fully saturated rings. The Morgan fingerprint density at radius 1 is 1.80 bits per heavy atom. The van der Waals surface area contributed by atoms with Gasteiger partial charge in [-0.1, -0.05) is 0 Å². The highest BCUT2D eigenvalue weighted by Crippen LogP contribution is 2.00. The van der Waals surface area contributed by atoms with Crippen molar-refractivity contribution in [1.29, 1.82) is 0 Å². The molecule has 0 aromatic heterocycles. The third-order valence-corrected chi connectivity index (χ3v) is 1.66. The fraction of sp³-hybridized carbons (Fsp3) is 1.00. The standard InChI is InChI=1S/C6H14N2O2/c1-8-2-3-10-6(5-8)4-7-9/h6-7,9H,2-5H2,1H3. The molecule has 0 aliphatic carbocycles. The van der Waals surface area contributed by atoms with Gasteiger partial charge in [0.15, 0.2) is 0 Å². The molecule has 60 valence electrons. The van der Waals surface area contributed by atoms with Gasteiger partial charge in [0.2, 0.25) is 0 Å². The van der Waals surface area contributed by atoms with E-state index in [1.165, 1.54) is 0 Å². The van der Waals surface area contributed by atoms with Crippen molar-refractivity contribution in [2.24, 2.45) is 0 Å². The fourth-order valence-corrected chi connectivity index (χ4v) is 1.09. The van der Waals surface area contributed by atoms with Crippen LogP contribution in [0.3, 0.4) is 0 Å². The van der Waals surface area contributed by atoms with Crippen molar-refractivity contribution in [2.75, 3.05) is 33.3 Å². The third kappa shape index (κ3) is 2.22. The van der Waals surface area contributed by atoms with Gasteiger partial charge in [0.25, 0.3) is 0 Å². The highest BCUT2D eigenvalue weighted by Gasteiger charge is 2.16. The van der Waals surface area contributed by atoms with E-state index in [0.717, 1.165) is 19.7 Å². The van der Waals surface area contributed by atoms with Crippen LogP contribution in [0.25, 0.3) is 0 Å². The molecule has 4 nitrogen and oxygen atoms in total. The summed E-state index contributed by atoms with van der Waals surface area (Å²) in [4.78, 5) is 2.19. The molecular formula is C6H14N2O2. The highest BCUT2D eigenvalue weighted by atomic mass is 16.5. The first-order chi connectivity index (χ1) is 4.83. The Bertz CT molecular complexity index is 97.7. The maximum atomic E-state index is 8.36. The van der Waals surface area contributed by atoms with Crippen LogP contribution in [0, 0.1) is 0 Å². The van der Waals surface area contributed by atoms with Crippen LogP contribution < -0.4 is 5.48 Å². The second-order valence-electron chi connectivity index (χ2n) is 2.62. The van der Waals surface area contributed by atoms with Gasteiger partial charge in [0, 0.05) is 19.6 Å². The minimum absolute atomic E-state index is 0.142. The molecule has 1 heterocycles. The summed E-state index contributed by atoms with van der Waals surface area (Å²) in [7, 11) is 2.05. The molecule has 10 heavy (non-hydrogen) atoms. The number of rotatable bonds is 2. The predicted octanol–water partition coefficient (Wildman–Crippen LogP) is -0.704. The first kappa shape index (κ1) is 7.94. The van der Waals surface area contributed by atoms with Crippen LogP contribution in [0.4, 0.5) is 0 Å². The molecule has 0 bridgehead atoms. The number of hydrogen-bond donors (Lipinski definition) is 2. The van der Waals surface area contributed by atoms with Gasteiger partial charge >= 0.3 is 0 Å². The number of hydrogen-bond acceptors (Lipinski definition) is 4. The molecule has 1 unspecified atom stereocenters. The third-order valence-electron chi connectivity index (χ3n) is 1.66. The van der Waals surface area contributed by atoms with Gasteiger partial charge in [0.05, 0.1) is 12.7 Å². The van der Waals surface area contributed by atoms with Crippen LogP contribution in [-0.4, -0.2) is 49.5 Å². The number of ether oxygens (including phenoxy) is 1. The zero-order chi connectivity index (χ0) is 7.40. The van der Waals surface area contributed by atoms with Crippen molar-refractivity contribution in [2.45, 2.75) is 6.10 Å². The molecule has 0 saturated carbocycles. The van der Waals surface area contributed by atoms with E-state index in [9.17, 15) is 0 Å². The second-order valence-corrected chi connectivity index (χ2v) is 2.62. The van der Waals surface area contributed by atoms with E-state index >= 15 is 0 Å². The van der Waals surface area contributed by atoms with E-state index in [0.29, 0.717) is 6.54 Å². The minimum atomic E-state index is 0.142. The Balaban J connectivity index is 2.18. The van der Waals surface area contributed by atoms with Gasteiger partial charge in [-0.2, -0.15) is 0 Å². The summed E-state index contributed by atoms with van der Waals surface area (Å²) >= 11 is 0. The molecule has 1 aliphatic rings. The van der Waals surface area contributed by atoms with Crippen molar-refractivity contribution in [3.05, 3.63) is 0 Å². The van der Waals surface area contributed by atoms with E-state index in [4.69, 9.17) is 9.94 Å². The fourth-order valence-electron chi connectivity index (χ4n) is 1.09. The molecule has 1 atom stereocenters. The molecule has 0 aromatic carbocycles. The van der Waals surface area contributed by atoms with Crippen LogP contribution in [0.1, 0.15) is 0 Å². The molecule has 0 radical (unpaired) electrons. The van der Waals surface area contributed by atoms with Crippen LogP contribution in [0.2, 0.25) is 0 Å². The summed E-state index contributed by atoms with van der Waals surface area (Å²) in [5.74, 6) is 0. The molecular weight excluding hydrogens is 132 g/mol. The van der Waals surface area contributed by atoms with Crippen LogP contribution in [0.15, 0.2) is 0 Å². The SMILES string of the molecule is CN1CCOC(CNO)C1. The van der Waals surface area contributed by atoms with E-state index < -0.39 is 0 Å². The van der Waals surface area contributed by atoms with Crippen molar-refractivity contribution >= 4 is 0 Å². The summed E-state index contributed by atoms with van der Waals surface area (Å²) in [5.41, 5.74) is 2.11. The summed E-state index contributed by atoms with van der Waals surface area (Å²) in [6.07, 6.45) is 0.142. The van der Waals surface area contributed by atoms with E-state index in [1.807, 2.05) is 7.05 Å². The van der Waals surface area contributed by atoms with Crippen LogP contribution in [0.5, 0.6) is 0 Å². The highest BCUT2D eigenvalue weighted by molar-refractivity contribution is 4.68. The zero-order valence-corrected chi connectivity index (χ0v) is 6.21. The maximum absolute atomic E-state index is 8.36. The predicted molar refractivity (Wildman–Crippen MR) is 37.0 cm³/mol. The lowest BCUT2D eigenvalue weighted by Crippen LogP contribution is -2.44. The van der Waals surface area contributed by atoms with E-state index in [2.05, 4.69) is 10.4 Å². The molecule has 0 amide bonds. The number of nitrogens with zero attached hydrogens (tertiary/aromatic N) is 1. The number of hydroxylamine groups is 1. The molecule has 0 aromatic rings. The van der Waals surface area contributed by atoms with Gasteiger partial charge in [-0.05, 0) is 7.05 Å². The maximum Gasteiger partial charge on any atom is 0.0849 e. The molecule has 1 aliphatic heterocycles. The topological polar surface area (TPSA) is 44.7 Å². The first-order valence-electron chi connectivity index (χ1n) is 3.50. The van der Waals surface area contributed by atoms with E-state index in [-0.39, 0.29) is 6.10 Å². The van der Waals surface area contributed by atoms with Gasteiger partial charge in [-0.15, -0.1) is 0 Å². The lowest BCUT2D eigenvalue weighted by molar-refractivity contribution is -0.0341. The van der Waals surface area contributed by atoms with Crippen molar-refractivity contribution in [1.82, 2.24) is 10.4 Å². The lowest BCUT2D eigenvalue weighted by Gasteiger charge is -2.29. The Labute approximate surface area is 60.7 Å². The van der Waals surface area contributed by atoms with E-state index in [1.54, 1.807) is 0 Å². The van der Waals surface area contributed by atoms with Crippen molar-refractivity contribution in [3.8, 4) is 0 Å². The Morgan fingerprint density at radius 3 is 3.20 bits per heavy atom. The normalized spacial score (nSPS) is 28.8. The smallest absolute Gasteiger partial charge is 0.0849 e. The zero-order valence-electron chi connectivity index (χ0n) is 6.21. The molecule has 1 rings (SSSR count). The minimum Gasteiger partial charge on any atom is -0.374 e. The summed E-state index contributed by atoms with van der Waals surface area (Å²) < 4.78 is 5.32. The first-order valence-corrected chi connectivity index (χ1v) is 3.50. The summed E-state index contributed by atoms with van der Waals surface area (Å²) in [5, 5.41) is 8.36. The average Bonchev–Trinajstić information content (AvgIpc) is 1.88. The Hall–Kier alpha value is -0.160. The molecule has 4 heteroatoms. The Kier molecular flexibility index (Phi) is 3.08. The van der Waals surface area contributed by atoms with Gasteiger partial charge in [0.1, 0.15) is 0 Å². The summed E-state index contributed by atoms with van der Waals surface area (Å²) in [6.45, 7) is 3.17. The monoisotopic (exact) mass is 146 g/mol. The number of nitrogens with one attached hydrogen (secondary N) is 1. The average molecular weight is 146 g/mol. The Morgan fingerprint density at radius 2 is 2.60 bits per heavy atom. The summed E-state index contributed by atoms with van der Waals surface area (Å²) in [6, 6.07) is 0. The van der Waals surface area contributed by atoms with Crippen molar-refractivity contribution in [3.63, 3.8) is 0 Å². The molecule has 2 N–H and O–H groups in total.